The molecule has 1 N–H and O–H groups in total. The largest absolute Gasteiger partial charge is 0.416 e. The van der Waals surface area contributed by atoms with Crippen LogP contribution >= 0.6 is 0 Å². The maximum atomic E-state index is 13.1. The zero-order chi connectivity index (χ0) is 20.8. The van der Waals surface area contributed by atoms with E-state index in [2.05, 4.69) is 10.4 Å². The van der Waals surface area contributed by atoms with Gasteiger partial charge in [-0.1, -0.05) is 0 Å². The molecule has 0 aliphatic carbocycles. The van der Waals surface area contributed by atoms with Crippen molar-refractivity contribution < 1.29 is 27.5 Å². The molecule has 1 fully saturated rings. The Morgan fingerprint density at radius 1 is 1.28 bits per heavy atom. The van der Waals surface area contributed by atoms with Gasteiger partial charge in [0.05, 0.1) is 36.0 Å². The first-order valence-electron chi connectivity index (χ1n) is 9.21. The molecular formula is C19H19F3N4O3. The van der Waals surface area contributed by atoms with Crippen LogP contribution in [0.25, 0.3) is 0 Å². The third-order valence-electron chi connectivity index (χ3n) is 5.12. The highest BCUT2D eigenvalue weighted by molar-refractivity contribution is 6.12. The van der Waals surface area contributed by atoms with Gasteiger partial charge in [-0.2, -0.15) is 18.3 Å². The number of fused-ring (bicyclic) bond motifs is 1. The molecular weight excluding hydrogens is 389 g/mol. The average Bonchev–Trinajstić information content (AvgIpc) is 3.34. The summed E-state index contributed by atoms with van der Waals surface area (Å²) in [4.78, 5) is 27.1. The highest BCUT2D eigenvalue weighted by atomic mass is 19.4. The summed E-state index contributed by atoms with van der Waals surface area (Å²) in [7, 11) is 0. The van der Waals surface area contributed by atoms with Crippen molar-refractivity contribution in [2.24, 2.45) is 0 Å². The molecule has 2 aliphatic rings. The summed E-state index contributed by atoms with van der Waals surface area (Å²) >= 11 is 0. The number of nitrogens with one attached hydrogen (secondary N) is 1. The lowest BCUT2D eigenvalue weighted by Gasteiger charge is -2.32. The number of benzene rings is 1. The number of halogens is 3. The van der Waals surface area contributed by atoms with Crippen LogP contribution in [0.5, 0.6) is 0 Å². The van der Waals surface area contributed by atoms with Crippen molar-refractivity contribution in [2.45, 2.75) is 31.6 Å². The van der Waals surface area contributed by atoms with Gasteiger partial charge in [0, 0.05) is 18.8 Å². The number of aromatic nitrogens is 2. The summed E-state index contributed by atoms with van der Waals surface area (Å²) in [5.41, 5.74) is -0.189. The fourth-order valence-corrected chi connectivity index (χ4v) is 3.59. The molecule has 1 aromatic carbocycles. The Morgan fingerprint density at radius 2 is 2.00 bits per heavy atom. The van der Waals surface area contributed by atoms with Crippen LogP contribution < -0.4 is 10.2 Å². The predicted octanol–water partition coefficient (Wildman–Crippen LogP) is 2.64. The van der Waals surface area contributed by atoms with Gasteiger partial charge in [0.25, 0.3) is 11.8 Å². The van der Waals surface area contributed by atoms with Gasteiger partial charge in [-0.3, -0.25) is 14.3 Å². The summed E-state index contributed by atoms with van der Waals surface area (Å²) < 4.78 is 45.2. The molecule has 0 spiro atoms. The van der Waals surface area contributed by atoms with Crippen LogP contribution in [0.4, 0.5) is 18.9 Å². The molecule has 2 aliphatic heterocycles. The highest BCUT2D eigenvalue weighted by Crippen LogP contribution is 2.32. The van der Waals surface area contributed by atoms with Crippen LogP contribution in [-0.2, 0) is 10.9 Å². The van der Waals surface area contributed by atoms with E-state index in [0.29, 0.717) is 25.3 Å². The minimum Gasteiger partial charge on any atom is -0.379 e. The third kappa shape index (κ3) is 3.59. The quantitative estimate of drug-likeness (QED) is 0.847. The van der Waals surface area contributed by atoms with Gasteiger partial charge < -0.3 is 15.0 Å². The number of carbonyl (C=O) groups is 2. The number of alkyl halides is 3. The normalized spacial score (nSPS) is 21.9. The molecule has 0 bridgehead atoms. The Labute approximate surface area is 164 Å². The van der Waals surface area contributed by atoms with Crippen LogP contribution in [-0.4, -0.2) is 47.4 Å². The average molecular weight is 408 g/mol. The van der Waals surface area contributed by atoms with E-state index in [1.54, 1.807) is 0 Å². The molecule has 10 heteroatoms. The van der Waals surface area contributed by atoms with Crippen molar-refractivity contribution in [1.82, 2.24) is 15.1 Å². The van der Waals surface area contributed by atoms with Gasteiger partial charge in [0.2, 0.25) is 0 Å². The van der Waals surface area contributed by atoms with E-state index in [0.717, 1.165) is 12.1 Å². The zero-order valence-electron chi connectivity index (χ0n) is 15.6. The number of rotatable bonds is 3. The van der Waals surface area contributed by atoms with Crippen molar-refractivity contribution >= 4 is 17.5 Å². The molecule has 7 nitrogen and oxygen atoms in total. The maximum Gasteiger partial charge on any atom is 0.416 e. The molecule has 1 unspecified atom stereocenters. The molecule has 0 saturated carbocycles. The molecule has 4 rings (SSSR count). The Kier molecular flexibility index (Phi) is 4.81. The molecule has 1 saturated heterocycles. The van der Waals surface area contributed by atoms with Crippen LogP contribution in [0.1, 0.15) is 45.8 Å². The summed E-state index contributed by atoms with van der Waals surface area (Å²) in [6.45, 7) is 3.04. The summed E-state index contributed by atoms with van der Waals surface area (Å²) in [6.07, 6.45) is -2.41. The molecule has 154 valence electrons. The minimum atomic E-state index is -4.45. The number of ether oxygens (including phenoxy) is 1. The van der Waals surface area contributed by atoms with Crippen LogP contribution in [0.3, 0.4) is 0 Å². The molecule has 2 atom stereocenters. The number of amides is 2. The summed E-state index contributed by atoms with van der Waals surface area (Å²) in [5, 5.41) is 7.02. The third-order valence-corrected chi connectivity index (χ3v) is 5.12. The standard InChI is InChI=1S/C19H19F3N4O3/c1-11-9-25(14-4-2-12(3-5-14)19(20,21)22)18(28)16-15(8-23-26(11)16)17(27)24-13-6-7-29-10-13/h2-5,8,11,13H,6-7,9-10H2,1H3,(H,24,27)/t11-,13?/m0/s1. The smallest absolute Gasteiger partial charge is 0.379 e. The Balaban J connectivity index is 1.62. The van der Waals surface area contributed by atoms with Crippen molar-refractivity contribution in [3.8, 4) is 0 Å². The van der Waals surface area contributed by atoms with Crippen molar-refractivity contribution in [3.63, 3.8) is 0 Å². The van der Waals surface area contributed by atoms with Gasteiger partial charge >= 0.3 is 6.18 Å². The van der Waals surface area contributed by atoms with E-state index in [1.807, 2.05) is 6.92 Å². The second-order valence-electron chi connectivity index (χ2n) is 7.19. The molecule has 0 radical (unpaired) electrons. The highest BCUT2D eigenvalue weighted by Gasteiger charge is 2.36. The Hall–Kier alpha value is -2.88. The zero-order valence-corrected chi connectivity index (χ0v) is 15.6. The van der Waals surface area contributed by atoms with E-state index in [4.69, 9.17) is 4.74 Å². The Morgan fingerprint density at radius 3 is 2.62 bits per heavy atom. The van der Waals surface area contributed by atoms with E-state index in [-0.39, 0.29) is 29.9 Å². The summed E-state index contributed by atoms with van der Waals surface area (Å²) in [5.74, 6) is -0.898. The van der Waals surface area contributed by atoms with Gasteiger partial charge in [0.15, 0.2) is 0 Å². The van der Waals surface area contributed by atoms with Gasteiger partial charge in [-0.15, -0.1) is 0 Å². The molecule has 2 amide bonds. The van der Waals surface area contributed by atoms with Gasteiger partial charge in [-0.05, 0) is 37.6 Å². The molecule has 29 heavy (non-hydrogen) atoms. The molecule has 1 aromatic heterocycles. The number of nitrogens with zero attached hydrogens (tertiary/aromatic N) is 3. The van der Waals surface area contributed by atoms with E-state index in [9.17, 15) is 22.8 Å². The van der Waals surface area contributed by atoms with Crippen molar-refractivity contribution in [3.05, 3.63) is 47.3 Å². The molecule has 2 aromatic rings. The Bertz CT molecular complexity index is 933. The molecule has 3 heterocycles. The monoisotopic (exact) mass is 408 g/mol. The first-order chi connectivity index (χ1) is 13.8. The number of hydrogen-bond donors (Lipinski definition) is 1. The van der Waals surface area contributed by atoms with Crippen molar-refractivity contribution in [1.29, 1.82) is 0 Å². The number of hydrogen-bond acceptors (Lipinski definition) is 4. The predicted molar refractivity (Wildman–Crippen MR) is 96.7 cm³/mol. The van der Waals surface area contributed by atoms with E-state index in [1.165, 1.54) is 27.9 Å². The van der Waals surface area contributed by atoms with Crippen LogP contribution in [0, 0.1) is 0 Å². The maximum absolute atomic E-state index is 13.1. The van der Waals surface area contributed by atoms with Crippen LogP contribution in [0.15, 0.2) is 30.5 Å². The van der Waals surface area contributed by atoms with Crippen LogP contribution in [0.2, 0.25) is 0 Å². The topological polar surface area (TPSA) is 76.5 Å². The fraction of sp³-hybridized carbons (Fsp3) is 0.421. The summed E-state index contributed by atoms with van der Waals surface area (Å²) in [6, 6.07) is 4.02. The van der Waals surface area contributed by atoms with E-state index < -0.39 is 23.6 Å². The number of carbonyl (C=O) groups excluding carboxylic acids is 2. The van der Waals surface area contributed by atoms with E-state index >= 15 is 0 Å². The minimum absolute atomic E-state index is 0.125. The van der Waals surface area contributed by atoms with Gasteiger partial charge in [0.1, 0.15) is 5.69 Å². The first kappa shape index (κ1) is 19.4. The van der Waals surface area contributed by atoms with Gasteiger partial charge in [-0.25, -0.2) is 0 Å². The lowest BCUT2D eigenvalue weighted by molar-refractivity contribution is -0.137. The first-order valence-corrected chi connectivity index (χ1v) is 9.21. The van der Waals surface area contributed by atoms with Crippen molar-refractivity contribution in [2.75, 3.05) is 24.7 Å². The lowest BCUT2D eigenvalue weighted by Crippen LogP contribution is -2.44. The SMILES string of the molecule is C[C@H]1CN(c2ccc(C(F)(F)F)cc2)C(=O)c2c(C(=O)NC3CCOC3)cnn21. The number of anilines is 1. The second-order valence-corrected chi connectivity index (χ2v) is 7.19. The second kappa shape index (κ2) is 7.18. The lowest BCUT2D eigenvalue weighted by atomic mass is 10.1. The fourth-order valence-electron chi connectivity index (χ4n) is 3.59.